The quantitative estimate of drug-likeness (QED) is 0.481. The van der Waals surface area contributed by atoms with E-state index in [1.165, 1.54) is 30.6 Å². The van der Waals surface area contributed by atoms with Gasteiger partial charge in [-0.2, -0.15) is 0 Å². The fraction of sp³-hybridized carbons (Fsp3) is 0.625. The summed E-state index contributed by atoms with van der Waals surface area (Å²) in [5.41, 5.74) is 0. The van der Waals surface area contributed by atoms with Crippen molar-refractivity contribution in [1.82, 2.24) is 5.32 Å². The van der Waals surface area contributed by atoms with Crippen molar-refractivity contribution in [1.29, 1.82) is 0 Å². The van der Waals surface area contributed by atoms with Gasteiger partial charge in [0.2, 0.25) is 0 Å². The highest BCUT2D eigenvalue weighted by molar-refractivity contribution is 7.98. The van der Waals surface area contributed by atoms with Gasteiger partial charge >= 0.3 is 0 Å². The van der Waals surface area contributed by atoms with Crippen LogP contribution in [0.3, 0.4) is 0 Å². The minimum Gasteiger partial charge on any atom is -0.492 e. The predicted octanol–water partition coefficient (Wildman–Crippen LogP) is 4.35. The highest BCUT2D eigenvalue weighted by Crippen LogP contribution is 2.26. The second-order valence-corrected chi connectivity index (χ2v) is 5.51. The minimum atomic E-state index is 0.833. The molecule has 108 valence electrons. The first-order valence-electron chi connectivity index (χ1n) is 7.35. The van der Waals surface area contributed by atoms with Crippen molar-refractivity contribution in [3.05, 3.63) is 24.3 Å². The van der Waals surface area contributed by atoms with Crippen LogP contribution in [0.4, 0.5) is 0 Å². The minimum absolute atomic E-state index is 0.833. The summed E-state index contributed by atoms with van der Waals surface area (Å²) in [5, 5.41) is 3.43. The molecular formula is C16H27NOS. The molecule has 1 N–H and O–H groups in total. The summed E-state index contributed by atoms with van der Waals surface area (Å²) in [5.74, 6) is 1.03. The van der Waals surface area contributed by atoms with Gasteiger partial charge in [0.25, 0.3) is 0 Å². The lowest BCUT2D eigenvalue weighted by Gasteiger charge is -2.09. The molecule has 0 aliphatic rings. The number of rotatable bonds is 11. The van der Waals surface area contributed by atoms with Gasteiger partial charge in [0.1, 0.15) is 5.75 Å². The third kappa shape index (κ3) is 7.48. The summed E-state index contributed by atoms with van der Waals surface area (Å²) in [6, 6.07) is 8.26. The van der Waals surface area contributed by atoms with Crippen LogP contribution < -0.4 is 10.1 Å². The molecule has 3 heteroatoms. The molecule has 0 unspecified atom stereocenters. The Balaban J connectivity index is 2.01. The molecule has 2 nitrogen and oxygen atoms in total. The molecule has 0 spiro atoms. The van der Waals surface area contributed by atoms with Gasteiger partial charge in [-0.15, -0.1) is 11.8 Å². The Morgan fingerprint density at radius 3 is 2.63 bits per heavy atom. The van der Waals surface area contributed by atoms with E-state index in [1.807, 2.05) is 6.07 Å². The third-order valence-corrected chi connectivity index (χ3v) is 3.78. The number of thioether (sulfide) groups is 1. The smallest absolute Gasteiger partial charge is 0.132 e. The lowest BCUT2D eigenvalue weighted by Crippen LogP contribution is -2.15. The summed E-state index contributed by atoms with van der Waals surface area (Å²) in [4.78, 5) is 1.23. The Labute approximate surface area is 122 Å². The Bertz CT molecular complexity index is 330. The largest absolute Gasteiger partial charge is 0.492 e. The van der Waals surface area contributed by atoms with Crippen LogP contribution in [0.25, 0.3) is 0 Å². The summed E-state index contributed by atoms with van der Waals surface area (Å²) < 4.78 is 5.84. The molecule has 1 rings (SSSR count). The van der Waals surface area contributed by atoms with E-state index in [-0.39, 0.29) is 0 Å². The number of ether oxygens (including phenoxy) is 1. The second-order valence-electron chi connectivity index (χ2n) is 4.66. The van der Waals surface area contributed by atoms with Crippen molar-refractivity contribution in [2.45, 2.75) is 43.9 Å². The Hall–Kier alpha value is -0.670. The summed E-state index contributed by atoms with van der Waals surface area (Å²) in [6.07, 6.45) is 8.30. The normalized spacial score (nSPS) is 10.6. The van der Waals surface area contributed by atoms with Crippen molar-refractivity contribution in [3.63, 3.8) is 0 Å². The van der Waals surface area contributed by atoms with Gasteiger partial charge in [-0.25, -0.2) is 0 Å². The highest BCUT2D eigenvalue weighted by atomic mass is 32.2. The second kappa shape index (κ2) is 11.2. The van der Waals surface area contributed by atoms with Crippen LogP contribution >= 0.6 is 11.8 Å². The highest BCUT2D eigenvalue weighted by Gasteiger charge is 2.00. The zero-order chi connectivity index (χ0) is 13.8. The number of hydrogen-bond donors (Lipinski definition) is 1. The maximum atomic E-state index is 5.84. The summed E-state index contributed by atoms with van der Waals surface area (Å²) in [7, 11) is 0. The number of para-hydroxylation sites is 1. The van der Waals surface area contributed by atoms with Gasteiger partial charge in [0.05, 0.1) is 6.61 Å². The molecule has 0 aliphatic carbocycles. The van der Waals surface area contributed by atoms with Crippen molar-refractivity contribution in [2.75, 3.05) is 26.0 Å². The van der Waals surface area contributed by atoms with Crippen LogP contribution in [0, 0.1) is 0 Å². The standard InChI is InChI=1S/C16H27NOS/c1-3-12-17-13-8-4-5-9-14-18-15-10-6-7-11-16(15)19-2/h6-7,10-11,17H,3-5,8-9,12-14H2,1-2H3. The molecule has 0 aromatic heterocycles. The van der Waals surface area contributed by atoms with Crippen molar-refractivity contribution >= 4 is 11.8 Å². The molecule has 0 saturated carbocycles. The molecule has 0 heterocycles. The molecule has 0 radical (unpaired) electrons. The lowest BCUT2D eigenvalue weighted by molar-refractivity contribution is 0.298. The predicted molar refractivity (Wildman–Crippen MR) is 85.3 cm³/mol. The van der Waals surface area contributed by atoms with Crippen molar-refractivity contribution in [2.24, 2.45) is 0 Å². The maximum Gasteiger partial charge on any atom is 0.132 e. The van der Waals surface area contributed by atoms with E-state index < -0.39 is 0 Å². The van der Waals surface area contributed by atoms with Gasteiger partial charge in [-0.3, -0.25) is 0 Å². The van der Waals surface area contributed by atoms with E-state index in [0.717, 1.165) is 31.9 Å². The Morgan fingerprint density at radius 1 is 1.05 bits per heavy atom. The van der Waals surface area contributed by atoms with Crippen LogP contribution in [0.15, 0.2) is 29.2 Å². The van der Waals surface area contributed by atoms with Crippen LogP contribution in [0.5, 0.6) is 5.75 Å². The zero-order valence-electron chi connectivity index (χ0n) is 12.3. The molecule has 0 bridgehead atoms. The van der Waals surface area contributed by atoms with Gasteiger partial charge < -0.3 is 10.1 Å². The van der Waals surface area contributed by atoms with Crippen molar-refractivity contribution in [3.8, 4) is 5.75 Å². The topological polar surface area (TPSA) is 21.3 Å². The number of hydrogen-bond acceptors (Lipinski definition) is 3. The van der Waals surface area contributed by atoms with Crippen LogP contribution in [0.1, 0.15) is 39.0 Å². The number of benzene rings is 1. The zero-order valence-corrected chi connectivity index (χ0v) is 13.1. The first kappa shape index (κ1) is 16.4. The maximum absolute atomic E-state index is 5.84. The first-order valence-corrected chi connectivity index (χ1v) is 8.57. The van der Waals surface area contributed by atoms with E-state index in [0.29, 0.717) is 0 Å². The Kier molecular flexibility index (Phi) is 9.64. The average Bonchev–Trinajstić information content (AvgIpc) is 2.46. The van der Waals surface area contributed by atoms with E-state index in [2.05, 4.69) is 36.7 Å². The third-order valence-electron chi connectivity index (χ3n) is 3.00. The molecule has 0 aliphatic heterocycles. The molecule has 0 atom stereocenters. The summed E-state index contributed by atoms with van der Waals surface area (Å²) in [6.45, 7) is 5.34. The fourth-order valence-electron chi connectivity index (χ4n) is 1.93. The molecule has 1 aromatic rings. The monoisotopic (exact) mass is 281 g/mol. The summed E-state index contributed by atoms with van der Waals surface area (Å²) >= 11 is 1.74. The van der Waals surface area contributed by atoms with Crippen LogP contribution in [-0.4, -0.2) is 26.0 Å². The van der Waals surface area contributed by atoms with Crippen LogP contribution in [-0.2, 0) is 0 Å². The first-order chi connectivity index (χ1) is 9.38. The average molecular weight is 281 g/mol. The SMILES string of the molecule is CCCNCCCCCCOc1ccccc1SC. The molecular weight excluding hydrogens is 254 g/mol. The number of unbranched alkanes of at least 4 members (excludes halogenated alkanes) is 3. The fourth-order valence-corrected chi connectivity index (χ4v) is 2.47. The Morgan fingerprint density at radius 2 is 1.84 bits per heavy atom. The van der Waals surface area contributed by atoms with Crippen molar-refractivity contribution < 1.29 is 4.74 Å². The number of nitrogens with one attached hydrogen (secondary N) is 1. The van der Waals surface area contributed by atoms with Gasteiger partial charge in [-0.05, 0) is 50.7 Å². The molecule has 19 heavy (non-hydrogen) atoms. The van der Waals surface area contributed by atoms with E-state index in [1.54, 1.807) is 11.8 Å². The molecule has 0 saturated heterocycles. The lowest BCUT2D eigenvalue weighted by atomic mass is 10.2. The van der Waals surface area contributed by atoms with Gasteiger partial charge in [0, 0.05) is 4.90 Å². The molecule has 0 amide bonds. The van der Waals surface area contributed by atoms with E-state index >= 15 is 0 Å². The molecule has 1 aromatic carbocycles. The molecule has 0 fully saturated rings. The van der Waals surface area contributed by atoms with Gasteiger partial charge in [-0.1, -0.05) is 31.9 Å². The van der Waals surface area contributed by atoms with E-state index in [4.69, 9.17) is 4.74 Å². The van der Waals surface area contributed by atoms with E-state index in [9.17, 15) is 0 Å². The van der Waals surface area contributed by atoms with Gasteiger partial charge in [0.15, 0.2) is 0 Å². The van der Waals surface area contributed by atoms with Crippen LogP contribution in [0.2, 0.25) is 0 Å².